The number of carbonyl (C=O) groups is 2. The number of hydrogen-bond donors (Lipinski definition) is 3. The van der Waals surface area contributed by atoms with Gasteiger partial charge in [0.25, 0.3) is 5.91 Å². The summed E-state index contributed by atoms with van der Waals surface area (Å²) < 4.78 is 45.0. The van der Waals surface area contributed by atoms with Crippen molar-refractivity contribution < 1.29 is 27.1 Å². The summed E-state index contributed by atoms with van der Waals surface area (Å²) in [5.74, 6) is -0.237. The van der Waals surface area contributed by atoms with E-state index >= 15 is 0 Å². The van der Waals surface area contributed by atoms with Gasteiger partial charge in [0.1, 0.15) is 11.6 Å². The Balaban J connectivity index is 1.53. The summed E-state index contributed by atoms with van der Waals surface area (Å²) in [6, 6.07) is 18.6. The average molecular weight is 625 g/mol. The van der Waals surface area contributed by atoms with Crippen LogP contribution in [0.1, 0.15) is 42.6 Å². The first-order chi connectivity index (χ1) is 20.8. The lowest BCUT2D eigenvalue weighted by Crippen LogP contribution is -2.50. The minimum atomic E-state index is -3.60. The van der Waals surface area contributed by atoms with Gasteiger partial charge in [0.15, 0.2) is 0 Å². The van der Waals surface area contributed by atoms with Gasteiger partial charge in [-0.1, -0.05) is 44.2 Å². The number of amides is 2. The van der Waals surface area contributed by atoms with Gasteiger partial charge in [0.05, 0.1) is 18.6 Å². The van der Waals surface area contributed by atoms with Crippen LogP contribution in [0.25, 0.3) is 0 Å². The van der Waals surface area contributed by atoms with E-state index < -0.39 is 39.7 Å². The molecule has 0 heterocycles. The first-order valence-electron chi connectivity index (χ1n) is 14.7. The Kier molecular flexibility index (Phi) is 10.6. The maximum Gasteiger partial charge on any atom is 0.251 e. The number of carbonyl (C=O) groups excluding carboxylic acids is 2. The predicted molar refractivity (Wildman–Crippen MR) is 171 cm³/mol. The van der Waals surface area contributed by atoms with E-state index in [1.54, 1.807) is 19.1 Å². The molecular weight excluding hydrogens is 583 g/mol. The Morgan fingerprint density at radius 1 is 1.09 bits per heavy atom. The highest BCUT2D eigenvalue weighted by Crippen LogP contribution is 2.38. The monoisotopic (exact) mass is 624 g/mol. The summed E-state index contributed by atoms with van der Waals surface area (Å²) in [4.78, 5) is 26.6. The second kappa shape index (κ2) is 14.2. The number of halogens is 1. The number of nitrogens with zero attached hydrogens (tertiary/aromatic N) is 1. The number of rotatable bonds is 14. The summed E-state index contributed by atoms with van der Waals surface area (Å²) in [6.45, 7) is 4.37. The van der Waals surface area contributed by atoms with Gasteiger partial charge in [-0.3, -0.25) is 13.9 Å². The fraction of sp³-hybridized carbons (Fsp3) is 0.394. The van der Waals surface area contributed by atoms with Gasteiger partial charge in [-0.25, -0.2) is 12.8 Å². The fourth-order valence-corrected chi connectivity index (χ4v) is 5.40. The van der Waals surface area contributed by atoms with Crippen LogP contribution >= 0.6 is 0 Å². The molecule has 0 radical (unpaired) electrons. The largest absolute Gasteiger partial charge is 0.493 e. The lowest BCUT2D eigenvalue weighted by molar-refractivity contribution is -0.119. The highest BCUT2D eigenvalue weighted by Gasteiger charge is 2.33. The third kappa shape index (κ3) is 9.27. The van der Waals surface area contributed by atoms with E-state index in [4.69, 9.17) is 10.5 Å². The van der Waals surface area contributed by atoms with Crippen LogP contribution in [0, 0.1) is 23.6 Å². The molecule has 2 amide bonds. The van der Waals surface area contributed by atoms with Crippen molar-refractivity contribution >= 4 is 33.2 Å². The van der Waals surface area contributed by atoms with Gasteiger partial charge < -0.3 is 21.1 Å². The van der Waals surface area contributed by atoms with Crippen molar-refractivity contribution in [2.45, 2.75) is 45.2 Å². The minimum absolute atomic E-state index is 0.226. The molecule has 4 rings (SSSR count). The molecule has 5 atom stereocenters. The van der Waals surface area contributed by atoms with Crippen LogP contribution in [0.4, 0.5) is 15.8 Å². The Morgan fingerprint density at radius 3 is 2.36 bits per heavy atom. The third-order valence-corrected chi connectivity index (χ3v) is 9.28. The molecule has 11 heteroatoms. The SMILES string of the molecule is CC1CC1COc1cc(C(=O)N[C@@H](Cc2ccccc2)[C@@H](N)C[C@@H](C)C(=O)Nc2ccc(F)cc2)cc(N(C)S(C)(=O)=O)c1. The Hall–Kier alpha value is -3.96. The molecule has 236 valence electrons. The molecule has 0 aliphatic heterocycles. The molecule has 2 unspecified atom stereocenters. The third-order valence-electron chi connectivity index (χ3n) is 8.07. The van der Waals surface area contributed by atoms with E-state index in [2.05, 4.69) is 17.6 Å². The molecule has 1 saturated carbocycles. The van der Waals surface area contributed by atoms with Crippen LogP contribution in [0.15, 0.2) is 72.8 Å². The summed E-state index contributed by atoms with van der Waals surface area (Å²) in [5.41, 5.74) is 8.60. The average Bonchev–Trinajstić information content (AvgIpc) is 3.70. The maximum atomic E-state index is 13.7. The van der Waals surface area contributed by atoms with Crippen LogP contribution in [0.2, 0.25) is 0 Å². The molecule has 44 heavy (non-hydrogen) atoms. The number of ether oxygens (including phenoxy) is 1. The maximum absolute atomic E-state index is 13.7. The molecule has 3 aromatic carbocycles. The van der Waals surface area contributed by atoms with E-state index in [1.165, 1.54) is 37.4 Å². The van der Waals surface area contributed by atoms with Gasteiger partial charge in [0.2, 0.25) is 15.9 Å². The Labute approximate surface area is 259 Å². The van der Waals surface area contributed by atoms with E-state index in [-0.39, 0.29) is 17.9 Å². The molecule has 1 fully saturated rings. The van der Waals surface area contributed by atoms with Gasteiger partial charge in [-0.15, -0.1) is 0 Å². The van der Waals surface area contributed by atoms with Crippen LogP contribution < -0.4 is 25.4 Å². The number of nitrogens with two attached hydrogens (primary N) is 1. The zero-order chi connectivity index (χ0) is 32.0. The lowest BCUT2D eigenvalue weighted by Gasteiger charge is -2.28. The Bertz CT molecular complexity index is 1550. The van der Waals surface area contributed by atoms with Crippen LogP contribution in [-0.2, 0) is 21.2 Å². The molecule has 0 spiro atoms. The molecule has 1 aliphatic rings. The van der Waals surface area contributed by atoms with Crippen molar-refractivity contribution in [1.82, 2.24) is 5.32 Å². The molecule has 0 bridgehead atoms. The zero-order valence-electron chi connectivity index (χ0n) is 25.5. The highest BCUT2D eigenvalue weighted by atomic mass is 32.2. The van der Waals surface area contributed by atoms with E-state index in [0.29, 0.717) is 42.0 Å². The minimum Gasteiger partial charge on any atom is -0.493 e. The first kappa shape index (κ1) is 32.9. The number of hydrogen-bond acceptors (Lipinski definition) is 6. The molecular formula is C33H41FN4O5S. The molecule has 0 saturated heterocycles. The zero-order valence-corrected chi connectivity index (χ0v) is 26.3. The number of nitrogens with one attached hydrogen (secondary N) is 2. The van der Waals surface area contributed by atoms with Crippen molar-refractivity contribution in [2.75, 3.05) is 29.5 Å². The molecule has 3 aromatic rings. The van der Waals surface area contributed by atoms with Crippen LogP contribution in [0.3, 0.4) is 0 Å². The van der Waals surface area contributed by atoms with Crippen molar-refractivity contribution in [3.63, 3.8) is 0 Å². The van der Waals surface area contributed by atoms with Crippen molar-refractivity contribution in [2.24, 2.45) is 23.5 Å². The van der Waals surface area contributed by atoms with Gasteiger partial charge in [-0.05, 0) is 73.1 Å². The standard InChI is InChI=1S/C33H41FN4O5S/c1-21-14-25(21)20-43-29-18-24(17-28(19-29)38(3)44(4,41)42)33(40)37-31(16-23-8-6-5-7-9-23)30(35)15-22(2)32(39)36-27-12-10-26(34)11-13-27/h5-13,17-19,21-22,25,30-31H,14-16,20,35H2,1-4H3,(H,36,39)(H,37,40)/t21?,22-,25?,30+,31+/m1/s1. The quantitative estimate of drug-likeness (QED) is 0.241. The Morgan fingerprint density at radius 2 is 1.75 bits per heavy atom. The number of anilines is 2. The van der Waals surface area contributed by atoms with Crippen LogP contribution in [-0.4, -0.2) is 52.2 Å². The predicted octanol–water partition coefficient (Wildman–Crippen LogP) is 4.59. The summed E-state index contributed by atoms with van der Waals surface area (Å²) in [6.07, 6.45) is 2.83. The van der Waals surface area contributed by atoms with Crippen LogP contribution in [0.5, 0.6) is 5.75 Å². The molecule has 0 aromatic heterocycles. The summed E-state index contributed by atoms with van der Waals surface area (Å²) >= 11 is 0. The highest BCUT2D eigenvalue weighted by molar-refractivity contribution is 7.92. The van der Waals surface area contributed by atoms with Gasteiger partial charge >= 0.3 is 0 Å². The van der Waals surface area contributed by atoms with Gasteiger partial charge in [0, 0.05) is 42.4 Å². The van der Waals surface area contributed by atoms with Crippen molar-refractivity contribution in [1.29, 1.82) is 0 Å². The van der Waals surface area contributed by atoms with Crippen molar-refractivity contribution in [3.8, 4) is 5.75 Å². The van der Waals surface area contributed by atoms with E-state index in [0.717, 1.165) is 22.5 Å². The molecule has 1 aliphatic carbocycles. The molecule has 9 nitrogen and oxygen atoms in total. The smallest absolute Gasteiger partial charge is 0.251 e. The van der Waals surface area contributed by atoms with E-state index in [9.17, 15) is 22.4 Å². The second-order valence-corrected chi connectivity index (χ2v) is 13.8. The summed E-state index contributed by atoms with van der Waals surface area (Å²) in [5, 5.41) is 5.81. The topological polar surface area (TPSA) is 131 Å². The number of benzene rings is 3. The second-order valence-electron chi connectivity index (χ2n) is 11.8. The molecule has 4 N–H and O–H groups in total. The van der Waals surface area contributed by atoms with Gasteiger partial charge in [-0.2, -0.15) is 0 Å². The summed E-state index contributed by atoms with van der Waals surface area (Å²) in [7, 11) is -2.17. The number of sulfonamides is 1. The normalized spacial score (nSPS) is 18.0. The first-order valence-corrected chi connectivity index (χ1v) is 16.5. The van der Waals surface area contributed by atoms with E-state index in [1.807, 2.05) is 30.3 Å². The lowest BCUT2D eigenvalue weighted by atomic mass is 9.92. The van der Waals surface area contributed by atoms with Crippen molar-refractivity contribution in [3.05, 3.63) is 89.7 Å². The fourth-order valence-electron chi connectivity index (χ4n) is 4.91.